The Balaban J connectivity index is 1.52. The second kappa shape index (κ2) is 8.09. The van der Waals surface area contributed by atoms with Crippen LogP contribution in [0.1, 0.15) is 19.4 Å². The van der Waals surface area contributed by atoms with E-state index in [0.717, 1.165) is 35.6 Å². The van der Waals surface area contributed by atoms with Gasteiger partial charge in [-0.05, 0) is 20.3 Å². The first-order chi connectivity index (χ1) is 15.4. The first kappa shape index (κ1) is 21.3. The van der Waals surface area contributed by atoms with Crippen molar-refractivity contribution in [3.05, 3.63) is 18.0 Å². The van der Waals surface area contributed by atoms with Crippen LogP contribution in [0.5, 0.6) is 0 Å². The third-order valence-corrected chi connectivity index (χ3v) is 8.26. The normalized spacial score (nSPS) is 22.1. The Bertz CT molecular complexity index is 1100. The molecule has 1 atom stereocenters. The smallest absolute Gasteiger partial charge is 0.228 e. The van der Waals surface area contributed by atoms with E-state index in [1.165, 1.54) is 0 Å². The summed E-state index contributed by atoms with van der Waals surface area (Å²) >= 11 is 0. The summed E-state index contributed by atoms with van der Waals surface area (Å²) in [7, 11) is -3.17. The summed E-state index contributed by atoms with van der Waals surface area (Å²) in [5.41, 5.74) is 8.34. The quantitative estimate of drug-likeness (QED) is 0.657. The molecule has 3 aliphatic heterocycles. The van der Waals surface area contributed by atoms with Gasteiger partial charge in [0.15, 0.2) is 0 Å². The van der Waals surface area contributed by atoms with E-state index in [9.17, 15) is 8.42 Å². The number of anilines is 3. The lowest BCUT2D eigenvalue weighted by Crippen LogP contribution is -2.61. The van der Waals surface area contributed by atoms with Gasteiger partial charge in [-0.25, -0.2) is 23.4 Å². The minimum atomic E-state index is -3.17. The highest BCUT2D eigenvalue weighted by Gasteiger charge is 2.42. The number of aromatic nitrogens is 4. The average molecular weight is 461 g/mol. The third-order valence-electron chi connectivity index (χ3n) is 6.45. The number of nitrogens with zero attached hydrogens (tertiary/aromatic N) is 7. The Morgan fingerprint density at radius 3 is 2.59 bits per heavy atom. The minimum Gasteiger partial charge on any atom is -0.377 e. The summed E-state index contributed by atoms with van der Waals surface area (Å²) in [5, 5.41) is 0. The van der Waals surface area contributed by atoms with Crippen molar-refractivity contribution in [2.75, 3.05) is 60.7 Å². The van der Waals surface area contributed by atoms with Gasteiger partial charge >= 0.3 is 0 Å². The molecule has 5 heterocycles. The van der Waals surface area contributed by atoms with Crippen LogP contribution in [-0.4, -0.2) is 89.9 Å². The van der Waals surface area contributed by atoms with E-state index in [1.54, 1.807) is 23.6 Å². The van der Waals surface area contributed by atoms with Crippen LogP contribution in [-0.2, 0) is 21.2 Å². The zero-order valence-electron chi connectivity index (χ0n) is 18.3. The highest BCUT2D eigenvalue weighted by molar-refractivity contribution is 7.89. The number of sulfonamides is 1. The summed E-state index contributed by atoms with van der Waals surface area (Å²) in [5.74, 6) is 1.86. The molecule has 1 unspecified atom stereocenters. The molecule has 3 aliphatic rings. The van der Waals surface area contributed by atoms with Crippen molar-refractivity contribution in [1.29, 1.82) is 0 Å². The van der Waals surface area contributed by atoms with Crippen LogP contribution in [0.15, 0.2) is 12.4 Å². The number of nitrogens with two attached hydrogens (primary N) is 1. The summed E-state index contributed by atoms with van der Waals surface area (Å²) in [6.07, 6.45) is 4.17. The molecule has 0 bridgehead atoms. The number of hydrogen-bond donors (Lipinski definition) is 1. The molecule has 0 aromatic carbocycles. The van der Waals surface area contributed by atoms with Gasteiger partial charge < -0.3 is 20.3 Å². The summed E-state index contributed by atoms with van der Waals surface area (Å²) in [4.78, 5) is 22.6. The fraction of sp³-hybridized carbons (Fsp3) is 0.600. The standard InChI is InChI=1S/C20H28N8O3S/c1-3-32(29,30)26-10-15(11-26)28-5-4-16-17(14-8-22-19(21)23-9-14)24-20(25-18(16)28)27-6-7-31-12-13(27)2/h8-9,13,15H,3-7,10-12H2,1-2H3,(H2,21,22,23). The molecule has 172 valence electrons. The van der Waals surface area contributed by atoms with E-state index in [2.05, 4.69) is 26.7 Å². The summed E-state index contributed by atoms with van der Waals surface area (Å²) in [6.45, 7) is 7.49. The molecule has 2 saturated heterocycles. The molecule has 0 spiro atoms. The molecule has 12 heteroatoms. The molecule has 5 rings (SSSR count). The van der Waals surface area contributed by atoms with Gasteiger partial charge in [0.2, 0.25) is 21.9 Å². The van der Waals surface area contributed by atoms with Gasteiger partial charge in [0.25, 0.3) is 0 Å². The number of nitrogen functional groups attached to an aromatic ring is 1. The molecule has 0 aliphatic carbocycles. The Kier molecular flexibility index (Phi) is 5.38. The second-order valence-electron chi connectivity index (χ2n) is 8.44. The highest BCUT2D eigenvalue weighted by atomic mass is 32.2. The number of ether oxygens (including phenoxy) is 1. The van der Waals surface area contributed by atoms with Crippen LogP contribution in [0.2, 0.25) is 0 Å². The van der Waals surface area contributed by atoms with Crippen LogP contribution in [0, 0.1) is 0 Å². The molecule has 2 aromatic heterocycles. The monoisotopic (exact) mass is 460 g/mol. The second-order valence-corrected chi connectivity index (χ2v) is 10.7. The van der Waals surface area contributed by atoms with E-state index >= 15 is 0 Å². The fourth-order valence-corrected chi connectivity index (χ4v) is 5.66. The summed E-state index contributed by atoms with van der Waals surface area (Å²) < 4.78 is 31.5. The number of rotatable bonds is 5. The van der Waals surface area contributed by atoms with Crippen molar-refractivity contribution in [3.8, 4) is 11.3 Å². The number of fused-ring (bicyclic) bond motifs is 1. The van der Waals surface area contributed by atoms with Gasteiger partial charge in [0, 0.05) is 49.7 Å². The molecule has 0 saturated carbocycles. The van der Waals surface area contributed by atoms with Crippen LogP contribution in [0.4, 0.5) is 17.7 Å². The highest BCUT2D eigenvalue weighted by Crippen LogP contribution is 2.38. The van der Waals surface area contributed by atoms with Crippen molar-refractivity contribution in [2.24, 2.45) is 0 Å². The third kappa shape index (κ3) is 3.65. The van der Waals surface area contributed by atoms with E-state index < -0.39 is 10.0 Å². The van der Waals surface area contributed by atoms with E-state index in [-0.39, 0.29) is 23.8 Å². The number of morpholine rings is 1. The average Bonchev–Trinajstić information content (AvgIpc) is 3.16. The Hall–Kier alpha value is -2.57. The van der Waals surface area contributed by atoms with Gasteiger partial charge in [0.1, 0.15) is 5.82 Å². The van der Waals surface area contributed by atoms with Gasteiger partial charge in [-0.3, -0.25) is 0 Å². The maximum absolute atomic E-state index is 12.2. The van der Waals surface area contributed by atoms with Crippen molar-refractivity contribution in [1.82, 2.24) is 24.2 Å². The maximum Gasteiger partial charge on any atom is 0.228 e. The molecule has 0 radical (unpaired) electrons. The predicted octanol–water partition coefficient (Wildman–Crippen LogP) is 0.137. The van der Waals surface area contributed by atoms with Crippen molar-refractivity contribution >= 4 is 27.7 Å². The number of hydrogen-bond acceptors (Lipinski definition) is 10. The minimum absolute atomic E-state index is 0.109. The van der Waals surface area contributed by atoms with Crippen LogP contribution in [0.3, 0.4) is 0 Å². The maximum atomic E-state index is 12.2. The lowest BCUT2D eigenvalue weighted by atomic mass is 10.1. The SMILES string of the molecule is CCS(=O)(=O)N1CC(N2CCc3c(-c4cnc(N)nc4)nc(N4CCOCC4C)nc32)C1. The largest absolute Gasteiger partial charge is 0.377 e. The van der Waals surface area contributed by atoms with Gasteiger partial charge in [-0.15, -0.1) is 0 Å². The predicted molar refractivity (Wildman–Crippen MR) is 121 cm³/mol. The van der Waals surface area contributed by atoms with Crippen molar-refractivity contribution in [3.63, 3.8) is 0 Å². The lowest BCUT2D eigenvalue weighted by molar-refractivity contribution is 0.0981. The van der Waals surface area contributed by atoms with Crippen molar-refractivity contribution in [2.45, 2.75) is 32.4 Å². The molecule has 11 nitrogen and oxygen atoms in total. The van der Waals surface area contributed by atoms with Crippen molar-refractivity contribution < 1.29 is 13.2 Å². The first-order valence-corrected chi connectivity index (χ1v) is 12.6. The van der Waals surface area contributed by atoms with Gasteiger partial charge in [-0.1, -0.05) is 0 Å². The molecular formula is C20H28N8O3S. The molecule has 2 aromatic rings. The van der Waals surface area contributed by atoms with E-state index in [1.807, 2.05) is 0 Å². The first-order valence-electron chi connectivity index (χ1n) is 10.9. The van der Waals surface area contributed by atoms with Gasteiger partial charge in [0.05, 0.1) is 36.7 Å². The van der Waals surface area contributed by atoms with Gasteiger partial charge in [-0.2, -0.15) is 9.29 Å². The Morgan fingerprint density at radius 2 is 1.91 bits per heavy atom. The zero-order chi connectivity index (χ0) is 22.5. The fourth-order valence-electron chi connectivity index (χ4n) is 4.50. The Morgan fingerprint density at radius 1 is 1.16 bits per heavy atom. The van der Waals surface area contributed by atoms with E-state index in [0.29, 0.717) is 38.8 Å². The molecule has 32 heavy (non-hydrogen) atoms. The molecule has 2 N–H and O–H groups in total. The zero-order valence-corrected chi connectivity index (χ0v) is 19.1. The molecule has 0 amide bonds. The summed E-state index contributed by atoms with van der Waals surface area (Å²) in [6, 6.07) is 0.263. The van der Waals surface area contributed by atoms with E-state index in [4.69, 9.17) is 20.4 Å². The van der Waals surface area contributed by atoms with Crippen LogP contribution in [0.25, 0.3) is 11.3 Å². The van der Waals surface area contributed by atoms with Crippen LogP contribution < -0.4 is 15.5 Å². The topological polar surface area (TPSA) is 131 Å². The molecular weight excluding hydrogens is 432 g/mol. The molecule has 2 fully saturated rings. The lowest BCUT2D eigenvalue weighted by Gasteiger charge is -2.43. The van der Waals surface area contributed by atoms with Crippen LogP contribution >= 0.6 is 0 Å². The Labute approximate surface area is 187 Å².